The first-order chi connectivity index (χ1) is 6.88. The molecule has 1 fully saturated rings. The van der Waals surface area contributed by atoms with Crippen LogP contribution in [0.25, 0.3) is 0 Å². The van der Waals surface area contributed by atoms with Gasteiger partial charge in [-0.05, 0) is 12.8 Å². The van der Waals surface area contributed by atoms with Crippen molar-refractivity contribution >= 4 is 23.5 Å². The molecule has 1 aliphatic heterocycles. The molecule has 1 heterocycles. The first-order valence-corrected chi connectivity index (χ1v) is 7.23. The van der Waals surface area contributed by atoms with Gasteiger partial charge in [-0.1, -0.05) is 0 Å². The number of thioether (sulfide) groups is 2. The van der Waals surface area contributed by atoms with Gasteiger partial charge in [0, 0.05) is 42.3 Å². The Hall–Kier alpha value is 0.580. The van der Waals surface area contributed by atoms with E-state index in [2.05, 4.69) is 5.43 Å². The quantitative estimate of drug-likeness (QED) is 0.411. The zero-order chi connectivity index (χ0) is 10.2. The highest BCUT2D eigenvalue weighted by molar-refractivity contribution is 8.06. The second-order valence-electron chi connectivity index (χ2n) is 3.39. The van der Waals surface area contributed by atoms with Crippen LogP contribution in [-0.4, -0.2) is 42.3 Å². The molecule has 84 valence electrons. The Balaban J connectivity index is 2.21. The fraction of sp³-hybridized carbons (Fsp3) is 1.00. The van der Waals surface area contributed by atoms with Crippen LogP contribution in [0.5, 0.6) is 0 Å². The molecule has 0 aliphatic carbocycles. The Bertz CT molecular complexity index is 143. The maximum Gasteiger partial charge on any atom is 0.0462 e. The average Bonchev–Trinajstić information content (AvgIpc) is 2.26. The van der Waals surface area contributed by atoms with Crippen LogP contribution in [0.1, 0.15) is 12.8 Å². The van der Waals surface area contributed by atoms with Crippen LogP contribution >= 0.6 is 23.5 Å². The number of ether oxygens (including phenoxy) is 1. The molecule has 0 spiro atoms. The molecule has 3 N–H and O–H groups in total. The van der Waals surface area contributed by atoms with Gasteiger partial charge < -0.3 is 4.74 Å². The van der Waals surface area contributed by atoms with E-state index in [1.165, 1.54) is 17.3 Å². The maximum atomic E-state index is 5.57. The lowest BCUT2D eigenvalue weighted by atomic mass is 10.1. The van der Waals surface area contributed by atoms with Crippen molar-refractivity contribution in [3.05, 3.63) is 0 Å². The minimum absolute atomic E-state index is 0.447. The summed E-state index contributed by atoms with van der Waals surface area (Å²) < 4.78 is 5.04. The van der Waals surface area contributed by atoms with E-state index in [-0.39, 0.29) is 0 Å². The molecule has 0 aromatic rings. The van der Waals surface area contributed by atoms with Crippen molar-refractivity contribution in [2.75, 3.05) is 31.0 Å². The number of nitrogens with two attached hydrogens (primary N) is 1. The molecule has 0 aromatic heterocycles. The summed E-state index contributed by atoms with van der Waals surface area (Å²) in [6.45, 7) is 0.836. The van der Waals surface area contributed by atoms with Gasteiger partial charge in [0.15, 0.2) is 0 Å². The fourth-order valence-corrected chi connectivity index (χ4v) is 4.47. The molecule has 1 saturated heterocycles. The Morgan fingerprint density at radius 2 is 2.43 bits per heavy atom. The van der Waals surface area contributed by atoms with Crippen LogP contribution in [0.15, 0.2) is 0 Å². The molecular formula is C9H20N2OS2. The van der Waals surface area contributed by atoms with Gasteiger partial charge >= 0.3 is 0 Å². The monoisotopic (exact) mass is 236 g/mol. The van der Waals surface area contributed by atoms with Crippen molar-refractivity contribution in [1.29, 1.82) is 0 Å². The molecule has 1 rings (SSSR count). The van der Waals surface area contributed by atoms with Gasteiger partial charge in [0.1, 0.15) is 0 Å². The molecule has 14 heavy (non-hydrogen) atoms. The van der Waals surface area contributed by atoms with Gasteiger partial charge in [0.05, 0.1) is 0 Å². The van der Waals surface area contributed by atoms with Crippen LogP contribution < -0.4 is 11.3 Å². The molecule has 0 radical (unpaired) electrons. The average molecular weight is 236 g/mol. The molecule has 0 bridgehead atoms. The van der Waals surface area contributed by atoms with Crippen LogP contribution in [0.4, 0.5) is 0 Å². The predicted octanol–water partition coefficient (Wildman–Crippen LogP) is 1.09. The highest BCUT2D eigenvalue weighted by Crippen LogP contribution is 2.27. The summed E-state index contributed by atoms with van der Waals surface area (Å²) in [4.78, 5) is 0. The third kappa shape index (κ3) is 4.40. The number of rotatable bonds is 6. The van der Waals surface area contributed by atoms with E-state index >= 15 is 0 Å². The smallest absolute Gasteiger partial charge is 0.0462 e. The Kier molecular flexibility index (Phi) is 7.06. The predicted molar refractivity (Wildman–Crippen MR) is 65.8 cm³/mol. The van der Waals surface area contributed by atoms with Crippen molar-refractivity contribution in [3.63, 3.8) is 0 Å². The molecule has 2 atom stereocenters. The summed E-state index contributed by atoms with van der Waals surface area (Å²) >= 11 is 4.09. The summed E-state index contributed by atoms with van der Waals surface area (Å²) in [5.41, 5.74) is 2.94. The van der Waals surface area contributed by atoms with Crippen molar-refractivity contribution < 1.29 is 4.74 Å². The maximum absolute atomic E-state index is 5.57. The second-order valence-corrected chi connectivity index (χ2v) is 5.89. The topological polar surface area (TPSA) is 47.3 Å². The van der Waals surface area contributed by atoms with Crippen LogP contribution in [-0.2, 0) is 4.74 Å². The molecular weight excluding hydrogens is 216 g/mol. The molecule has 3 nitrogen and oxygen atoms in total. The van der Waals surface area contributed by atoms with Crippen LogP contribution in [0.3, 0.4) is 0 Å². The van der Waals surface area contributed by atoms with Gasteiger partial charge in [0.25, 0.3) is 0 Å². The van der Waals surface area contributed by atoms with Gasteiger partial charge in [-0.2, -0.15) is 23.5 Å². The molecule has 1 aliphatic rings. The molecule has 0 saturated carbocycles. The van der Waals surface area contributed by atoms with E-state index in [9.17, 15) is 0 Å². The molecule has 5 heteroatoms. The second kappa shape index (κ2) is 7.82. The number of hydrogen-bond acceptors (Lipinski definition) is 5. The van der Waals surface area contributed by atoms with E-state index < -0.39 is 0 Å². The minimum Gasteiger partial charge on any atom is -0.385 e. The lowest BCUT2D eigenvalue weighted by Crippen LogP contribution is -2.44. The summed E-state index contributed by atoms with van der Waals surface area (Å²) in [6.07, 6.45) is 2.20. The Labute approximate surface area is 94.9 Å². The van der Waals surface area contributed by atoms with Crippen LogP contribution in [0, 0.1) is 0 Å². The first kappa shape index (κ1) is 12.6. The number of hydrazine groups is 1. The summed E-state index contributed by atoms with van der Waals surface area (Å²) in [5, 5.41) is 0.676. The lowest BCUT2D eigenvalue weighted by Gasteiger charge is -2.28. The van der Waals surface area contributed by atoms with Crippen molar-refractivity contribution in [2.24, 2.45) is 5.84 Å². The third-order valence-electron chi connectivity index (χ3n) is 2.37. The summed E-state index contributed by atoms with van der Waals surface area (Å²) in [5.74, 6) is 9.35. The third-order valence-corrected chi connectivity index (χ3v) is 5.29. The van der Waals surface area contributed by atoms with E-state index in [1.807, 2.05) is 23.5 Å². The lowest BCUT2D eigenvalue weighted by molar-refractivity contribution is 0.188. The minimum atomic E-state index is 0.447. The number of nitrogens with one attached hydrogen (secondary N) is 1. The molecule has 0 amide bonds. The standard InChI is InChI=1S/C9H20N2OS2/c1-12-4-2-3-8(11-10)9-7-13-5-6-14-9/h8-9,11H,2-7,10H2,1H3. The van der Waals surface area contributed by atoms with Crippen molar-refractivity contribution in [1.82, 2.24) is 5.43 Å². The largest absolute Gasteiger partial charge is 0.385 e. The zero-order valence-electron chi connectivity index (χ0n) is 8.70. The highest BCUT2D eigenvalue weighted by Gasteiger charge is 2.22. The molecule has 2 unspecified atom stereocenters. The highest BCUT2D eigenvalue weighted by atomic mass is 32.2. The van der Waals surface area contributed by atoms with E-state index in [4.69, 9.17) is 10.6 Å². The first-order valence-electron chi connectivity index (χ1n) is 5.03. The summed E-state index contributed by atoms with van der Waals surface area (Å²) in [7, 11) is 1.75. The SMILES string of the molecule is COCCCC(NN)C1CSCCS1. The normalized spacial score (nSPS) is 24.9. The van der Waals surface area contributed by atoms with Gasteiger partial charge in [-0.25, -0.2) is 0 Å². The fourth-order valence-electron chi connectivity index (χ4n) is 1.56. The van der Waals surface area contributed by atoms with E-state index in [0.717, 1.165) is 19.4 Å². The number of hydrogen-bond donors (Lipinski definition) is 2. The van der Waals surface area contributed by atoms with E-state index in [1.54, 1.807) is 7.11 Å². The summed E-state index contributed by atoms with van der Waals surface area (Å²) in [6, 6.07) is 0.447. The Morgan fingerprint density at radius 1 is 1.57 bits per heavy atom. The Morgan fingerprint density at radius 3 is 3.00 bits per heavy atom. The van der Waals surface area contributed by atoms with Gasteiger partial charge in [0.2, 0.25) is 0 Å². The molecule has 0 aromatic carbocycles. The van der Waals surface area contributed by atoms with Crippen LogP contribution in [0.2, 0.25) is 0 Å². The van der Waals surface area contributed by atoms with Gasteiger partial charge in [-0.15, -0.1) is 0 Å². The van der Waals surface area contributed by atoms with Crippen molar-refractivity contribution in [3.8, 4) is 0 Å². The van der Waals surface area contributed by atoms with Gasteiger partial charge in [-0.3, -0.25) is 11.3 Å². The van der Waals surface area contributed by atoms with Crippen molar-refractivity contribution in [2.45, 2.75) is 24.1 Å². The van der Waals surface area contributed by atoms with E-state index in [0.29, 0.717) is 11.3 Å². The zero-order valence-corrected chi connectivity index (χ0v) is 10.3. The number of methoxy groups -OCH3 is 1.